The molecule has 0 bridgehead atoms. The molecule has 21 heavy (non-hydrogen) atoms. The molecular formula is C18H17N2O. The van der Waals surface area contributed by atoms with Crippen LogP contribution in [0.3, 0.4) is 0 Å². The minimum Gasteiger partial charge on any atom is -0.366 e. The third kappa shape index (κ3) is 1.92. The van der Waals surface area contributed by atoms with Gasteiger partial charge in [-0.15, -0.1) is 0 Å². The van der Waals surface area contributed by atoms with Crippen LogP contribution in [0.5, 0.6) is 0 Å². The van der Waals surface area contributed by atoms with Crippen LogP contribution in [-0.4, -0.2) is 10.5 Å². The van der Waals surface area contributed by atoms with E-state index in [0.29, 0.717) is 5.56 Å². The largest absolute Gasteiger partial charge is 0.366 e. The molecule has 1 radical (unpaired) electrons. The first-order chi connectivity index (χ1) is 10.1. The molecule has 0 spiro atoms. The number of primary amides is 1. The number of fused-ring (bicyclic) bond motifs is 3. The van der Waals surface area contributed by atoms with E-state index in [9.17, 15) is 4.79 Å². The minimum atomic E-state index is -0.375. The lowest BCUT2D eigenvalue weighted by molar-refractivity contribution is 0.100. The molecule has 3 aromatic rings. The van der Waals surface area contributed by atoms with Crippen molar-refractivity contribution < 1.29 is 4.79 Å². The highest BCUT2D eigenvalue weighted by molar-refractivity contribution is 6.17. The van der Waals surface area contributed by atoms with Crippen LogP contribution in [-0.2, 0) is 6.54 Å². The first kappa shape index (κ1) is 12.5. The minimum absolute atomic E-state index is 0.375. The van der Waals surface area contributed by atoms with Gasteiger partial charge in [0.25, 0.3) is 0 Å². The van der Waals surface area contributed by atoms with Gasteiger partial charge < -0.3 is 10.3 Å². The zero-order valence-electron chi connectivity index (χ0n) is 12.0. The molecule has 0 unspecified atom stereocenters. The van der Waals surface area contributed by atoms with Crippen LogP contribution in [0.15, 0.2) is 30.3 Å². The van der Waals surface area contributed by atoms with Gasteiger partial charge in [-0.3, -0.25) is 4.79 Å². The fourth-order valence-electron chi connectivity index (χ4n) is 3.12. The Bertz CT molecular complexity index is 872. The van der Waals surface area contributed by atoms with Gasteiger partial charge in [0.2, 0.25) is 5.91 Å². The Labute approximate surface area is 123 Å². The van der Waals surface area contributed by atoms with E-state index < -0.39 is 0 Å². The molecule has 2 N–H and O–H groups in total. The Morgan fingerprint density at radius 1 is 1.38 bits per heavy atom. The number of nitrogens with zero attached hydrogens (tertiary/aromatic N) is 1. The molecule has 0 aliphatic heterocycles. The second-order valence-electron chi connectivity index (χ2n) is 6.06. The summed E-state index contributed by atoms with van der Waals surface area (Å²) in [5.74, 6) is 0.390. The van der Waals surface area contributed by atoms with E-state index in [2.05, 4.69) is 29.7 Å². The van der Waals surface area contributed by atoms with E-state index in [0.717, 1.165) is 34.3 Å². The fraction of sp³-hybridized carbons (Fsp3) is 0.278. The summed E-state index contributed by atoms with van der Waals surface area (Å²) in [6.07, 6.45) is 2.60. The highest BCUT2D eigenvalue weighted by atomic mass is 16.1. The number of carbonyl (C=O) groups excluding carboxylic acids is 1. The SMILES string of the molecule is Cc1c[c]c2c3c(C(N)=O)cccc3n(CC3CC3)c2c1. The predicted octanol–water partition coefficient (Wildman–Crippen LogP) is 3.41. The molecule has 1 aliphatic rings. The quantitative estimate of drug-likeness (QED) is 0.783. The van der Waals surface area contributed by atoms with Crippen LogP contribution in [0, 0.1) is 18.9 Å². The van der Waals surface area contributed by atoms with Crippen molar-refractivity contribution in [2.45, 2.75) is 26.3 Å². The second-order valence-corrected chi connectivity index (χ2v) is 6.06. The van der Waals surface area contributed by atoms with Crippen molar-refractivity contribution in [2.75, 3.05) is 0 Å². The average molecular weight is 277 g/mol. The molecule has 105 valence electrons. The maximum Gasteiger partial charge on any atom is 0.249 e. The van der Waals surface area contributed by atoms with Gasteiger partial charge in [0.15, 0.2) is 0 Å². The molecule has 3 nitrogen and oxygen atoms in total. The summed E-state index contributed by atoms with van der Waals surface area (Å²) in [5, 5.41) is 1.95. The molecule has 1 fully saturated rings. The van der Waals surface area contributed by atoms with Crippen molar-refractivity contribution >= 4 is 27.7 Å². The normalized spacial score (nSPS) is 14.9. The summed E-state index contributed by atoms with van der Waals surface area (Å²) in [6, 6.07) is 13.3. The second kappa shape index (κ2) is 4.35. The summed E-state index contributed by atoms with van der Waals surface area (Å²) in [4.78, 5) is 11.8. The summed E-state index contributed by atoms with van der Waals surface area (Å²) in [6.45, 7) is 3.09. The summed E-state index contributed by atoms with van der Waals surface area (Å²) in [5.41, 5.74) is 9.59. The fourth-order valence-corrected chi connectivity index (χ4v) is 3.12. The average Bonchev–Trinajstić information content (AvgIpc) is 3.23. The standard InChI is InChI=1S/C18H17N2O/c1-11-5-8-13-16(9-11)20(10-12-6-7-12)15-4-2-3-14(17(13)15)18(19)21/h2-5,9,12H,6-7,10H2,1H3,(H2,19,21). The van der Waals surface area contributed by atoms with Crippen LogP contribution in [0.25, 0.3) is 21.8 Å². The van der Waals surface area contributed by atoms with Gasteiger partial charge in [0.05, 0.1) is 5.52 Å². The van der Waals surface area contributed by atoms with E-state index >= 15 is 0 Å². The van der Waals surface area contributed by atoms with Gasteiger partial charge in [-0.05, 0) is 55.5 Å². The highest BCUT2D eigenvalue weighted by Crippen LogP contribution is 2.37. The Balaban J connectivity index is 2.13. The predicted molar refractivity (Wildman–Crippen MR) is 84.3 cm³/mol. The maximum absolute atomic E-state index is 11.8. The van der Waals surface area contributed by atoms with E-state index in [1.807, 2.05) is 12.1 Å². The van der Waals surface area contributed by atoms with Gasteiger partial charge in [-0.25, -0.2) is 0 Å². The van der Waals surface area contributed by atoms with E-state index in [1.165, 1.54) is 18.4 Å². The van der Waals surface area contributed by atoms with Crippen LogP contribution in [0.2, 0.25) is 0 Å². The number of amides is 1. The monoisotopic (exact) mass is 277 g/mol. The van der Waals surface area contributed by atoms with Crippen LogP contribution < -0.4 is 5.73 Å². The summed E-state index contributed by atoms with van der Waals surface area (Å²) < 4.78 is 2.33. The zero-order valence-corrected chi connectivity index (χ0v) is 12.0. The van der Waals surface area contributed by atoms with E-state index in [4.69, 9.17) is 5.73 Å². The molecule has 1 saturated carbocycles. The van der Waals surface area contributed by atoms with Crippen molar-refractivity contribution in [3.05, 3.63) is 47.5 Å². The molecule has 4 rings (SSSR count). The molecule has 1 heterocycles. The molecule has 1 aliphatic carbocycles. The number of aryl methyl sites for hydroxylation is 1. The molecule has 1 amide bonds. The number of benzene rings is 2. The number of nitrogens with two attached hydrogens (primary N) is 1. The number of hydrogen-bond donors (Lipinski definition) is 1. The summed E-state index contributed by atoms with van der Waals surface area (Å²) in [7, 11) is 0. The zero-order chi connectivity index (χ0) is 14.6. The van der Waals surface area contributed by atoms with Crippen LogP contribution in [0.1, 0.15) is 28.8 Å². The Morgan fingerprint density at radius 2 is 2.19 bits per heavy atom. The van der Waals surface area contributed by atoms with Crippen molar-refractivity contribution in [1.82, 2.24) is 4.57 Å². The lowest BCUT2D eigenvalue weighted by Crippen LogP contribution is -2.11. The Morgan fingerprint density at radius 3 is 2.90 bits per heavy atom. The van der Waals surface area contributed by atoms with Gasteiger partial charge in [-0.2, -0.15) is 0 Å². The molecule has 0 saturated heterocycles. The third-order valence-electron chi connectivity index (χ3n) is 4.34. The van der Waals surface area contributed by atoms with Crippen molar-refractivity contribution in [3.63, 3.8) is 0 Å². The van der Waals surface area contributed by atoms with Gasteiger partial charge in [-0.1, -0.05) is 12.1 Å². The van der Waals surface area contributed by atoms with Crippen LogP contribution >= 0.6 is 0 Å². The lowest BCUT2D eigenvalue weighted by Gasteiger charge is -2.06. The molecule has 0 atom stereocenters. The smallest absolute Gasteiger partial charge is 0.249 e. The highest BCUT2D eigenvalue weighted by Gasteiger charge is 2.24. The first-order valence-corrected chi connectivity index (χ1v) is 7.38. The number of aromatic nitrogens is 1. The molecule has 1 aromatic heterocycles. The molecule has 2 aromatic carbocycles. The van der Waals surface area contributed by atoms with Crippen LogP contribution in [0.4, 0.5) is 0 Å². The number of hydrogen-bond acceptors (Lipinski definition) is 1. The topological polar surface area (TPSA) is 48.0 Å². The summed E-state index contributed by atoms with van der Waals surface area (Å²) >= 11 is 0. The van der Waals surface area contributed by atoms with E-state index in [1.54, 1.807) is 6.07 Å². The number of rotatable bonds is 3. The van der Waals surface area contributed by atoms with Gasteiger partial charge >= 0.3 is 0 Å². The third-order valence-corrected chi connectivity index (χ3v) is 4.34. The Hall–Kier alpha value is -2.29. The van der Waals surface area contributed by atoms with Crippen molar-refractivity contribution in [3.8, 4) is 0 Å². The lowest BCUT2D eigenvalue weighted by atomic mass is 10.1. The van der Waals surface area contributed by atoms with Gasteiger partial charge in [0, 0.05) is 28.4 Å². The van der Waals surface area contributed by atoms with Crippen molar-refractivity contribution in [1.29, 1.82) is 0 Å². The maximum atomic E-state index is 11.8. The van der Waals surface area contributed by atoms with E-state index in [-0.39, 0.29) is 5.91 Å². The molecular weight excluding hydrogens is 260 g/mol. The molecule has 3 heteroatoms. The Kier molecular flexibility index (Phi) is 2.58. The van der Waals surface area contributed by atoms with Gasteiger partial charge in [0.1, 0.15) is 0 Å². The first-order valence-electron chi connectivity index (χ1n) is 7.38. The number of carbonyl (C=O) groups is 1. The van der Waals surface area contributed by atoms with Crippen molar-refractivity contribution in [2.24, 2.45) is 11.7 Å².